The lowest BCUT2D eigenvalue weighted by atomic mass is 9.66. The molecule has 42 heavy (non-hydrogen) atoms. The molecule has 230 valence electrons. The summed E-state index contributed by atoms with van der Waals surface area (Å²) in [6.45, 7) is 17.0. The molecule has 1 N–H and O–H groups in total. The first kappa shape index (κ1) is 31.8. The van der Waals surface area contributed by atoms with E-state index in [-0.39, 0.29) is 36.9 Å². The van der Waals surface area contributed by atoms with Crippen molar-refractivity contribution in [2.45, 2.75) is 83.1 Å². The zero-order valence-electron chi connectivity index (χ0n) is 25.6. The number of rotatable bonds is 15. The van der Waals surface area contributed by atoms with Crippen LogP contribution in [-0.4, -0.2) is 88.8 Å². The molecular formula is C33H47N3O6. The van der Waals surface area contributed by atoms with Gasteiger partial charge in [0.15, 0.2) is 0 Å². The average Bonchev–Trinajstić information content (AvgIpc) is 3.53. The first-order chi connectivity index (χ1) is 20.1. The summed E-state index contributed by atoms with van der Waals surface area (Å²) < 4.78 is 12.4. The standard InChI is InChI=1S/C33H47N3O6/c1-7-19-34(23(4)5)31(40)28-33-18-17-32(6,42-33)26(27(33)30(39)36(28)21-11-10-12-22-37)29(38)35(20-8-2)24-13-15-25(16-14-24)41-9-3/h7-8,13-16,23,26-28,37H,1-2,9-12,17-22H2,3-6H3/t26-,27+,28?,32+,33?/m1/s1. The van der Waals surface area contributed by atoms with Gasteiger partial charge in [0.2, 0.25) is 17.7 Å². The van der Waals surface area contributed by atoms with E-state index in [4.69, 9.17) is 9.47 Å². The Hall–Kier alpha value is -3.17. The van der Waals surface area contributed by atoms with E-state index in [1.54, 1.807) is 26.9 Å². The van der Waals surface area contributed by atoms with Crippen molar-refractivity contribution in [1.82, 2.24) is 9.80 Å². The topological polar surface area (TPSA) is 99.6 Å². The van der Waals surface area contributed by atoms with E-state index < -0.39 is 29.1 Å². The Labute approximate surface area is 250 Å². The van der Waals surface area contributed by atoms with Crippen LogP contribution in [0.2, 0.25) is 0 Å². The maximum absolute atomic E-state index is 14.5. The second-order valence-electron chi connectivity index (χ2n) is 12.1. The van der Waals surface area contributed by atoms with E-state index in [9.17, 15) is 19.5 Å². The van der Waals surface area contributed by atoms with Crippen LogP contribution in [0.25, 0.3) is 0 Å². The number of hydrogen-bond donors (Lipinski definition) is 1. The summed E-state index contributed by atoms with van der Waals surface area (Å²) in [4.78, 5) is 48.3. The zero-order chi connectivity index (χ0) is 30.7. The molecule has 5 atom stereocenters. The molecule has 4 rings (SSSR count). The minimum absolute atomic E-state index is 0.0755. The van der Waals surface area contributed by atoms with E-state index in [0.717, 1.165) is 6.42 Å². The molecule has 3 aliphatic heterocycles. The van der Waals surface area contributed by atoms with Crippen LogP contribution in [-0.2, 0) is 19.1 Å². The Balaban J connectivity index is 1.74. The van der Waals surface area contributed by atoms with Crippen molar-refractivity contribution in [3.05, 3.63) is 49.6 Å². The fourth-order valence-electron chi connectivity index (χ4n) is 7.25. The number of anilines is 1. The fraction of sp³-hybridized carbons (Fsp3) is 0.606. The summed E-state index contributed by atoms with van der Waals surface area (Å²) in [5, 5.41) is 9.29. The Morgan fingerprint density at radius 2 is 1.81 bits per heavy atom. The quantitative estimate of drug-likeness (QED) is 0.249. The zero-order valence-corrected chi connectivity index (χ0v) is 25.6. The largest absolute Gasteiger partial charge is 0.494 e. The van der Waals surface area contributed by atoms with Gasteiger partial charge >= 0.3 is 0 Å². The summed E-state index contributed by atoms with van der Waals surface area (Å²) >= 11 is 0. The van der Waals surface area contributed by atoms with Crippen LogP contribution in [0.1, 0.15) is 59.8 Å². The lowest BCUT2D eigenvalue weighted by Gasteiger charge is -2.38. The van der Waals surface area contributed by atoms with Gasteiger partial charge in [0.1, 0.15) is 17.4 Å². The van der Waals surface area contributed by atoms with E-state index in [1.165, 1.54) is 0 Å². The molecule has 1 spiro atoms. The molecule has 3 saturated heterocycles. The Kier molecular flexibility index (Phi) is 9.83. The van der Waals surface area contributed by atoms with Crippen molar-refractivity contribution in [3.8, 4) is 5.75 Å². The molecule has 0 aliphatic carbocycles. The van der Waals surface area contributed by atoms with Gasteiger partial charge in [0, 0.05) is 38.0 Å². The lowest BCUT2D eigenvalue weighted by Crippen LogP contribution is -2.57. The van der Waals surface area contributed by atoms with Crippen molar-refractivity contribution in [1.29, 1.82) is 0 Å². The lowest BCUT2D eigenvalue weighted by molar-refractivity contribution is -0.152. The van der Waals surface area contributed by atoms with Crippen molar-refractivity contribution in [2.75, 3.05) is 37.7 Å². The number of ether oxygens (including phenoxy) is 2. The summed E-state index contributed by atoms with van der Waals surface area (Å²) in [6.07, 6.45) is 6.46. The third kappa shape index (κ3) is 5.49. The molecular weight excluding hydrogens is 534 g/mol. The number of carbonyl (C=O) groups is 3. The SMILES string of the molecule is C=CCN(C(=O)[C@H]1[C@H]2C(=O)N(CCCCCO)C(C(=O)N(CC=C)C(C)C)C23CC[C@]1(C)O3)c1ccc(OCC)cc1. The van der Waals surface area contributed by atoms with E-state index in [2.05, 4.69) is 13.2 Å². The number of aliphatic hydroxyl groups is 1. The van der Waals surface area contributed by atoms with Crippen LogP contribution < -0.4 is 9.64 Å². The summed E-state index contributed by atoms with van der Waals surface area (Å²) in [5.41, 5.74) is -1.29. The molecule has 0 saturated carbocycles. The van der Waals surface area contributed by atoms with Crippen LogP contribution in [0, 0.1) is 11.8 Å². The fourth-order valence-corrected chi connectivity index (χ4v) is 7.25. The number of fused-ring (bicyclic) bond motifs is 1. The maximum Gasteiger partial charge on any atom is 0.248 e. The predicted molar refractivity (Wildman–Crippen MR) is 162 cm³/mol. The van der Waals surface area contributed by atoms with Gasteiger partial charge in [-0.1, -0.05) is 12.2 Å². The minimum atomic E-state index is -1.09. The molecule has 3 amide bonds. The van der Waals surface area contributed by atoms with E-state index in [0.29, 0.717) is 56.8 Å². The molecule has 3 fully saturated rings. The second kappa shape index (κ2) is 13.0. The third-order valence-corrected chi connectivity index (χ3v) is 9.10. The van der Waals surface area contributed by atoms with Crippen LogP contribution in [0.4, 0.5) is 5.69 Å². The Morgan fingerprint density at radius 3 is 2.40 bits per heavy atom. The van der Waals surface area contributed by atoms with Crippen molar-refractivity contribution in [2.24, 2.45) is 11.8 Å². The van der Waals surface area contributed by atoms with Crippen LogP contribution >= 0.6 is 0 Å². The van der Waals surface area contributed by atoms with Gasteiger partial charge < -0.3 is 29.3 Å². The van der Waals surface area contributed by atoms with Gasteiger partial charge in [0.05, 0.1) is 24.0 Å². The summed E-state index contributed by atoms with van der Waals surface area (Å²) in [7, 11) is 0. The highest BCUT2D eigenvalue weighted by Gasteiger charge is 2.78. The average molecular weight is 582 g/mol. The van der Waals surface area contributed by atoms with Crippen LogP contribution in [0.15, 0.2) is 49.6 Å². The molecule has 3 heterocycles. The highest BCUT2D eigenvalue weighted by atomic mass is 16.5. The van der Waals surface area contributed by atoms with Gasteiger partial charge in [-0.05, 0) is 84.1 Å². The number of likely N-dealkylation sites (tertiary alicyclic amines) is 1. The van der Waals surface area contributed by atoms with Gasteiger partial charge in [-0.2, -0.15) is 0 Å². The molecule has 0 radical (unpaired) electrons. The number of hydrogen-bond acceptors (Lipinski definition) is 6. The Bertz CT molecular complexity index is 1170. The number of unbranched alkanes of at least 4 members (excludes halogenated alkanes) is 2. The molecule has 1 aromatic carbocycles. The number of amides is 3. The predicted octanol–water partition coefficient (Wildman–Crippen LogP) is 3.95. The van der Waals surface area contributed by atoms with Gasteiger partial charge in [-0.25, -0.2) is 0 Å². The first-order valence-corrected chi connectivity index (χ1v) is 15.3. The summed E-state index contributed by atoms with van der Waals surface area (Å²) in [5.74, 6) is -1.40. The van der Waals surface area contributed by atoms with Gasteiger partial charge in [-0.15, -0.1) is 13.2 Å². The molecule has 2 unspecified atom stereocenters. The first-order valence-electron chi connectivity index (χ1n) is 15.3. The smallest absolute Gasteiger partial charge is 0.248 e. The number of carbonyl (C=O) groups excluding carboxylic acids is 3. The molecule has 1 aromatic rings. The van der Waals surface area contributed by atoms with Crippen molar-refractivity contribution >= 4 is 23.4 Å². The monoisotopic (exact) mass is 581 g/mol. The van der Waals surface area contributed by atoms with Crippen molar-refractivity contribution < 1.29 is 29.0 Å². The molecule has 3 aliphatic rings. The molecule has 9 nitrogen and oxygen atoms in total. The molecule has 2 bridgehead atoms. The van der Waals surface area contributed by atoms with Gasteiger partial charge in [0.25, 0.3) is 0 Å². The third-order valence-electron chi connectivity index (χ3n) is 9.10. The van der Waals surface area contributed by atoms with E-state index >= 15 is 0 Å². The number of benzene rings is 1. The van der Waals surface area contributed by atoms with Gasteiger partial charge in [-0.3, -0.25) is 14.4 Å². The maximum atomic E-state index is 14.5. The van der Waals surface area contributed by atoms with Crippen LogP contribution in [0.3, 0.4) is 0 Å². The normalized spacial score (nSPS) is 27.7. The Morgan fingerprint density at radius 1 is 1.12 bits per heavy atom. The van der Waals surface area contributed by atoms with Crippen LogP contribution in [0.5, 0.6) is 5.75 Å². The molecule has 9 heteroatoms. The van der Waals surface area contributed by atoms with E-state index in [1.807, 2.05) is 52.0 Å². The minimum Gasteiger partial charge on any atom is -0.494 e. The highest BCUT2D eigenvalue weighted by molar-refractivity contribution is 6.03. The van der Waals surface area contributed by atoms with Crippen molar-refractivity contribution in [3.63, 3.8) is 0 Å². The highest BCUT2D eigenvalue weighted by Crippen LogP contribution is 2.63. The number of aliphatic hydroxyl groups excluding tert-OH is 1. The molecule has 0 aromatic heterocycles. The number of nitrogens with zero attached hydrogens (tertiary/aromatic N) is 3. The second-order valence-corrected chi connectivity index (χ2v) is 12.1. The summed E-state index contributed by atoms with van der Waals surface area (Å²) in [6, 6.07) is 6.39.